The lowest BCUT2D eigenvalue weighted by Gasteiger charge is -2.25. The van der Waals surface area contributed by atoms with Crippen molar-refractivity contribution < 1.29 is 0 Å². The fourth-order valence-corrected chi connectivity index (χ4v) is 2.96. The Kier molecular flexibility index (Phi) is 3.91. The second-order valence-electron chi connectivity index (χ2n) is 5.65. The van der Waals surface area contributed by atoms with E-state index in [-0.39, 0.29) is 0 Å². The highest BCUT2D eigenvalue weighted by Gasteiger charge is 2.14. The average Bonchev–Trinajstić information content (AvgIpc) is 2.51. The zero-order valence-electron chi connectivity index (χ0n) is 11.8. The molecule has 1 saturated carbocycles. The maximum atomic E-state index is 6.12. The van der Waals surface area contributed by atoms with E-state index in [2.05, 4.69) is 41.7 Å². The van der Waals surface area contributed by atoms with Crippen molar-refractivity contribution in [3.8, 4) is 11.1 Å². The van der Waals surface area contributed by atoms with Gasteiger partial charge in [-0.1, -0.05) is 55.7 Å². The molecule has 0 amide bonds. The predicted molar refractivity (Wildman–Crippen MR) is 86.8 cm³/mol. The fourth-order valence-electron chi connectivity index (χ4n) is 2.96. The minimum Gasteiger partial charge on any atom is -0.397 e. The van der Waals surface area contributed by atoms with Gasteiger partial charge < -0.3 is 11.1 Å². The minimum absolute atomic E-state index is 0.581. The number of nitrogens with two attached hydrogens (primary N) is 1. The highest BCUT2D eigenvalue weighted by molar-refractivity contribution is 5.76. The molecule has 3 rings (SSSR count). The maximum Gasteiger partial charge on any atom is 0.0582 e. The van der Waals surface area contributed by atoms with Gasteiger partial charge in [0, 0.05) is 6.04 Å². The van der Waals surface area contributed by atoms with E-state index in [0.717, 1.165) is 11.4 Å². The molecule has 20 heavy (non-hydrogen) atoms. The van der Waals surface area contributed by atoms with Crippen LogP contribution in [0.5, 0.6) is 0 Å². The normalized spacial score (nSPS) is 16.0. The molecular formula is C18H22N2. The highest BCUT2D eigenvalue weighted by Crippen LogP contribution is 2.29. The van der Waals surface area contributed by atoms with E-state index in [1.807, 2.05) is 12.1 Å². The Morgan fingerprint density at radius 3 is 2.35 bits per heavy atom. The lowest BCUT2D eigenvalue weighted by Crippen LogP contribution is -2.22. The highest BCUT2D eigenvalue weighted by atomic mass is 14.9. The number of nitrogen functional groups attached to an aromatic ring is 1. The summed E-state index contributed by atoms with van der Waals surface area (Å²) in [5.74, 6) is 0. The molecule has 0 aromatic heterocycles. The summed E-state index contributed by atoms with van der Waals surface area (Å²) in [5.41, 5.74) is 10.5. The molecular weight excluding hydrogens is 244 g/mol. The SMILES string of the molecule is Nc1ccc(-c2ccccc2)cc1NC1CCCCC1. The standard InChI is InChI=1S/C18H22N2/c19-17-12-11-15(14-7-3-1-4-8-14)13-18(17)20-16-9-5-2-6-10-16/h1,3-4,7-8,11-13,16,20H,2,5-6,9-10,19H2. The molecule has 1 aliphatic carbocycles. The van der Waals surface area contributed by atoms with E-state index in [0.29, 0.717) is 6.04 Å². The summed E-state index contributed by atoms with van der Waals surface area (Å²) < 4.78 is 0. The van der Waals surface area contributed by atoms with Gasteiger partial charge in [0.25, 0.3) is 0 Å². The van der Waals surface area contributed by atoms with Gasteiger partial charge in [0.05, 0.1) is 11.4 Å². The Balaban J connectivity index is 1.83. The van der Waals surface area contributed by atoms with Crippen LogP contribution < -0.4 is 11.1 Å². The molecule has 0 atom stereocenters. The van der Waals surface area contributed by atoms with Gasteiger partial charge in [-0.15, -0.1) is 0 Å². The molecule has 3 N–H and O–H groups in total. The van der Waals surface area contributed by atoms with Crippen LogP contribution >= 0.6 is 0 Å². The Labute approximate surface area is 121 Å². The summed E-state index contributed by atoms with van der Waals surface area (Å²) in [6.45, 7) is 0. The second kappa shape index (κ2) is 6.00. The van der Waals surface area contributed by atoms with Gasteiger partial charge in [0.1, 0.15) is 0 Å². The monoisotopic (exact) mass is 266 g/mol. The smallest absolute Gasteiger partial charge is 0.0582 e. The van der Waals surface area contributed by atoms with Crippen LogP contribution in [0.1, 0.15) is 32.1 Å². The summed E-state index contributed by atoms with van der Waals surface area (Å²) in [5, 5.41) is 3.63. The Morgan fingerprint density at radius 1 is 0.850 bits per heavy atom. The molecule has 1 fully saturated rings. The van der Waals surface area contributed by atoms with Crippen LogP contribution in [0.25, 0.3) is 11.1 Å². The molecule has 0 unspecified atom stereocenters. The zero-order valence-corrected chi connectivity index (χ0v) is 11.8. The van der Waals surface area contributed by atoms with Crippen molar-refractivity contribution in [2.45, 2.75) is 38.1 Å². The van der Waals surface area contributed by atoms with Gasteiger partial charge in [0.2, 0.25) is 0 Å². The van der Waals surface area contributed by atoms with E-state index < -0.39 is 0 Å². The van der Waals surface area contributed by atoms with Gasteiger partial charge in [-0.3, -0.25) is 0 Å². The lowest BCUT2D eigenvalue weighted by molar-refractivity contribution is 0.463. The van der Waals surface area contributed by atoms with Gasteiger partial charge in [0.15, 0.2) is 0 Å². The van der Waals surface area contributed by atoms with Gasteiger partial charge in [-0.2, -0.15) is 0 Å². The fraction of sp³-hybridized carbons (Fsp3) is 0.333. The van der Waals surface area contributed by atoms with Crippen LogP contribution in [-0.4, -0.2) is 6.04 Å². The third kappa shape index (κ3) is 2.96. The van der Waals surface area contributed by atoms with Crippen LogP contribution in [0, 0.1) is 0 Å². The first-order valence-electron chi connectivity index (χ1n) is 7.54. The first-order valence-corrected chi connectivity index (χ1v) is 7.54. The third-order valence-electron chi connectivity index (χ3n) is 4.13. The van der Waals surface area contributed by atoms with E-state index in [1.165, 1.54) is 43.2 Å². The number of nitrogens with one attached hydrogen (secondary N) is 1. The van der Waals surface area contributed by atoms with E-state index in [9.17, 15) is 0 Å². The molecule has 1 aliphatic rings. The number of anilines is 2. The molecule has 0 bridgehead atoms. The maximum absolute atomic E-state index is 6.12. The Bertz CT molecular complexity index is 557. The zero-order chi connectivity index (χ0) is 13.8. The molecule has 0 heterocycles. The van der Waals surface area contributed by atoms with Gasteiger partial charge in [-0.05, 0) is 36.1 Å². The molecule has 2 nitrogen and oxygen atoms in total. The predicted octanol–water partition coefficient (Wildman–Crippen LogP) is 4.68. The third-order valence-corrected chi connectivity index (χ3v) is 4.13. The summed E-state index contributed by atoms with van der Waals surface area (Å²) in [6, 6.07) is 17.3. The van der Waals surface area contributed by atoms with Crippen LogP contribution in [0.3, 0.4) is 0 Å². The summed E-state index contributed by atoms with van der Waals surface area (Å²) in [4.78, 5) is 0. The quantitative estimate of drug-likeness (QED) is 0.791. The molecule has 2 heteroatoms. The van der Waals surface area contributed by atoms with Crippen molar-refractivity contribution in [3.63, 3.8) is 0 Å². The van der Waals surface area contributed by atoms with Crippen molar-refractivity contribution in [3.05, 3.63) is 48.5 Å². The number of hydrogen-bond donors (Lipinski definition) is 2. The summed E-state index contributed by atoms with van der Waals surface area (Å²) in [7, 11) is 0. The molecule has 104 valence electrons. The largest absolute Gasteiger partial charge is 0.397 e. The van der Waals surface area contributed by atoms with Crippen molar-refractivity contribution >= 4 is 11.4 Å². The summed E-state index contributed by atoms with van der Waals surface area (Å²) >= 11 is 0. The first kappa shape index (κ1) is 13.0. The number of hydrogen-bond acceptors (Lipinski definition) is 2. The van der Waals surface area contributed by atoms with E-state index in [4.69, 9.17) is 5.73 Å². The number of rotatable bonds is 3. The second-order valence-corrected chi connectivity index (χ2v) is 5.65. The van der Waals surface area contributed by atoms with Crippen molar-refractivity contribution in [2.24, 2.45) is 0 Å². The minimum atomic E-state index is 0.581. The van der Waals surface area contributed by atoms with Crippen LogP contribution in [0.4, 0.5) is 11.4 Å². The molecule has 0 saturated heterocycles. The molecule has 0 aliphatic heterocycles. The van der Waals surface area contributed by atoms with Gasteiger partial charge >= 0.3 is 0 Å². The molecule has 0 radical (unpaired) electrons. The van der Waals surface area contributed by atoms with Crippen molar-refractivity contribution in [1.29, 1.82) is 0 Å². The molecule has 2 aromatic rings. The Hall–Kier alpha value is -1.96. The van der Waals surface area contributed by atoms with Crippen molar-refractivity contribution in [2.75, 3.05) is 11.1 Å². The van der Waals surface area contributed by atoms with Crippen LogP contribution in [0.15, 0.2) is 48.5 Å². The topological polar surface area (TPSA) is 38.0 Å². The average molecular weight is 266 g/mol. The number of benzene rings is 2. The molecule has 2 aromatic carbocycles. The van der Waals surface area contributed by atoms with Crippen LogP contribution in [-0.2, 0) is 0 Å². The van der Waals surface area contributed by atoms with Crippen molar-refractivity contribution in [1.82, 2.24) is 0 Å². The lowest BCUT2D eigenvalue weighted by atomic mass is 9.95. The Morgan fingerprint density at radius 2 is 1.60 bits per heavy atom. The van der Waals surface area contributed by atoms with E-state index in [1.54, 1.807) is 0 Å². The summed E-state index contributed by atoms with van der Waals surface area (Å²) in [6.07, 6.45) is 6.55. The van der Waals surface area contributed by atoms with Crippen LogP contribution in [0.2, 0.25) is 0 Å². The van der Waals surface area contributed by atoms with E-state index >= 15 is 0 Å². The van der Waals surface area contributed by atoms with Gasteiger partial charge in [-0.25, -0.2) is 0 Å². The first-order chi connectivity index (χ1) is 9.83. The molecule has 0 spiro atoms.